The molecule has 37 heavy (non-hydrogen) atoms. The summed E-state index contributed by atoms with van der Waals surface area (Å²) in [6.45, 7) is 2.73. The second kappa shape index (κ2) is 9.79. The van der Waals surface area contributed by atoms with Gasteiger partial charge in [-0.25, -0.2) is 0 Å². The molecule has 0 spiro atoms. The summed E-state index contributed by atoms with van der Waals surface area (Å²) >= 11 is 1.64. The Labute approximate surface area is 221 Å². The minimum absolute atomic E-state index is 0.0437. The van der Waals surface area contributed by atoms with Crippen LogP contribution in [-0.2, 0) is 36.9 Å². The molecule has 2 aromatic carbocycles. The summed E-state index contributed by atoms with van der Waals surface area (Å²) in [6.07, 6.45) is 8.23. The summed E-state index contributed by atoms with van der Waals surface area (Å²) in [6, 6.07) is 8.10. The first-order valence-electron chi connectivity index (χ1n) is 13.7. The van der Waals surface area contributed by atoms with E-state index in [4.69, 9.17) is 0 Å². The van der Waals surface area contributed by atoms with Crippen LogP contribution in [0, 0.1) is 24.7 Å². The van der Waals surface area contributed by atoms with Crippen LogP contribution in [0.3, 0.4) is 0 Å². The lowest BCUT2D eigenvalue weighted by Crippen LogP contribution is -2.41. The molecule has 6 rings (SSSR count). The topological polar surface area (TPSA) is 80.3 Å². The Balaban J connectivity index is 1.22. The Morgan fingerprint density at radius 1 is 0.946 bits per heavy atom. The number of Topliss-reactive ketones (excluding diaryl/α,β-unsaturated/α-hetero) is 1. The number of ketones is 1. The molecule has 1 atom stereocenters. The van der Waals surface area contributed by atoms with Crippen molar-refractivity contribution >= 4 is 23.0 Å². The van der Waals surface area contributed by atoms with Gasteiger partial charge in [0, 0.05) is 46.2 Å². The SMILES string of the molecule is Cc1ccc(Cc2c(CC3CCc4sc(CC(=O)C5CC5)c(C(=O)NCC5CC5)c4C3)c(=O)c2=O)cc1. The molecule has 0 saturated heterocycles. The van der Waals surface area contributed by atoms with Gasteiger partial charge in [-0.2, -0.15) is 0 Å². The predicted molar refractivity (Wildman–Crippen MR) is 145 cm³/mol. The number of nitrogens with one attached hydrogen (secondary N) is 1. The number of carbonyl (C=O) groups is 2. The number of amides is 1. The monoisotopic (exact) mass is 515 g/mol. The molecule has 2 fully saturated rings. The van der Waals surface area contributed by atoms with E-state index in [2.05, 4.69) is 5.32 Å². The van der Waals surface area contributed by atoms with Gasteiger partial charge in [0.25, 0.3) is 5.91 Å². The van der Waals surface area contributed by atoms with Gasteiger partial charge in [-0.3, -0.25) is 19.2 Å². The van der Waals surface area contributed by atoms with Crippen molar-refractivity contribution in [3.8, 4) is 0 Å². The van der Waals surface area contributed by atoms with E-state index in [1.54, 1.807) is 11.3 Å². The van der Waals surface area contributed by atoms with Crippen LogP contribution < -0.4 is 16.2 Å². The Bertz CT molecular complexity index is 1430. The van der Waals surface area contributed by atoms with E-state index in [-0.39, 0.29) is 34.4 Å². The highest BCUT2D eigenvalue weighted by atomic mass is 32.1. The number of fused-ring (bicyclic) bond motifs is 1. The van der Waals surface area contributed by atoms with Gasteiger partial charge in [-0.1, -0.05) is 29.8 Å². The van der Waals surface area contributed by atoms with E-state index in [1.807, 2.05) is 31.2 Å². The van der Waals surface area contributed by atoms with Crippen molar-refractivity contribution in [2.24, 2.45) is 17.8 Å². The highest BCUT2D eigenvalue weighted by Crippen LogP contribution is 2.40. The number of hydrogen-bond donors (Lipinski definition) is 1. The number of rotatable bonds is 10. The van der Waals surface area contributed by atoms with Crippen molar-refractivity contribution in [2.75, 3.05) is 6.54 Å². The first-order valence-corrected chi connectivity index (χ1v) is 14.5. The van der Waals surface area contributed by atoms with Crippen LogP contribution in [0.5, 0.6) is 0 Å². The largest absolute Gasteiger partial charge is 0.352 e. The van der Waals surface area contributed by atoms with E-state index in [9.17, 15) is 19.2 Å². The summed E-state index contributed by atoms with van der Waals surface area (Å²) in [4.78, 5) is 53.1. The minimum atomic E-state index is -0.344. The molecule has 3 aliphatic carbocycles. The van der Waals surface area contributed by atoms with Crippen LogP contribution in [-0.4, -0.2) is 18.2 Å². The van der Waals surface area contributed by atoms with Gasteiger partial charge in [0.05, 0.1) is 5.56 Å². The van der Waals surface area contributed by atoms with Crippen LogP contribution in [0.4, 0.5) is 0 Å². The van der Waals surface area contributed by atoms with Crippen LogP contribution in [0.2, 0.25) is 0 Å². The van der Waals surface area contributed by atoms with Gasteiger partial charge >= 0.3 is 0 Å². The number of carbonyl (C=O) groups excluding carboxylic acids is 2. The van der Waals surface area contributed by atoms with Crippen molar-refractivity contribution in [2.45, 2.75) is 71.1 Å². The van der Waals surface area contributed by atoms with E-state index in [1.165, 1.54) is 17.7 Å². The van der Waals surface area contributed by atoms with Crippen molar-refractivity contribution in [1.29, 1.82) is 0 Å². The lowest BCUT2D eigenvalue weighted by atomic mass is 9.79. The molecule has 192 valence electrons. The summed E-state index contributed by atoms with van der Waals surface area (Å²) in [7, 11) is 0. The van der Waals surface area contributed by atoms with Gasteiger partial charge in [0.15, 0.2) is 0 Å². The standard InChI is InChI=1S/C31H33NO4S/c1-17-2-4-18(5-3-17)12-22-23(30(35)29(22)34)13-20-8-11-26-24(14-20)28(31(36)32-16-19-6-7-19)27(37-26)15-25(33)21-9-10-21/h2-5,19-21H,6-16H2,1H3,(H,32,36). The Morgan fingerprint density at radius 2 is 1.68 bits per heavy atom. The molecule has 1 N–H and O–H groups in total. The van der Waals surface area contributed by atoms with E-state index >= 15 is 0 Å². The summed E-state index contributed by atoms with van der Waals surface area (Å²) in [5, 5.41) is 3.13. The number of thiophene rings is 1. The van der Waals surface area contributed by atoms with Crippen LogP contribution in [0.1, 0.15) is 80.0 Å². The zero-order valence-corrected chi connectivity index (χ0v) is 22.2. The fourth-order valence-corrected chi connectivity index (χ4v) is 7.08. The summed E-state index contributed by atoms with van der Waals surface area (Å²) in [5.41, 5.74) is 4.66. The second-order valence-electron chi connectivity index (χ2n) is 11.5. The third kappa shape index (κ3) is 5.13. The number of benzene rings is 1. The quantitative estimate of drug-likeness (QED) is 0.410. The molecule has 2 saturated carbocycles. The highest BCUT2D eigenvalue weighted by Gasteiger charge is 2.35. The Morgan fingerprint density at radius 3 is 2.38 bits per heavy atom. The predicted octanol–water partition coefficient (Wildman–Crippen LogP) is 4.25. The molecule has 1 heterocycles. The smallest absolute Gasteiger partial charge is 0.252 e. The summed E-state index contributed by atoms with van der Waals surface area (Å²) in [5.74, 6) is 1.19. The molecule has 0 bridgehead atoms. The van der Waals surface area contributed by atoms with Crippen molar-refractivity contribution in [3.63, 3.8) is 0 Å². The third-order valence-electron chi connectivity index (χ3n) is 8.39. The van der Waals surface area contributed by atoms with Crippen molar-refractivity contribution in [3.05, 3.63) is 87.8 Å². The molecule has 1 amide bonds. The summed E-state index contributed by atoms with van der Waals surface area (Å²) < 4.78 is 0. The Kier molecular flexibility index (Phi) is 6.47. The molecule has 0 radical (unpaired) electrons. The molecular weight excluding hydrogens is 482 g/mol. The fraction of sp³-hybridized carbons (Fsp3) is 0.484. The maximum Gasteiger partial charge on any atom is 0.252 e. The Hall–Kier alpha value is -2.86. The van der Waals surface area contributed by atoms with Gasteiger partial charge in [0.2, 0.25) is 10.9 Å². The van der Waals surface area contributed by atoms with E-state index in [0.29, 0.717) is 42.9 Å². The molecular formula is C31H33NO4S. The van der Waals surface area contributed by atoms with Gasteiger partial charge < -0.3 is 5.32 Å². The first-order chi connectivity index (χ1) is 17.9. The van der Waals surface area contributed by atoms with E-state index < -0.39 is 0 Å². The maximum absolute atomic E-state index is 13.3. The normalized spacial score (nSPS) is 19.1. The molecule has 6 heteroatoms. The lowest BCUT2D eigenvalue weighted by molar-refractivity contribution is -0.119. The van der Waals surface area contributed by atoms with Crippen molar-refractivity contribution in [1.82, 2.24) is 5.32 Å². The van der Waals surface area contributed by atoms with E-state index in [0.717, 1.165) is 59.2 Å². The minimum Gasteiger partial charge on any atom is -0.352 e. The lowest BCUT2D eigenvalue weighted by Gasteiger charge is -2.24. The van der Waals surface area contributed by atoms with Gasteiger partial charge in [-0.05, 0) is 81.3 Å². The zero-order valence-electron chi connectivity index (χ0n) is 21.4. The van der Waals surface area contributed by atoms with Gasteiger partial charge in [0.1, 0.15) is 5.78 Å². The first kappa shape index (κ1) is 24.5. The molecule has 0 aliphatic heterocycles. The second-order valence-corrected chi connectivity index (χ2v) is 12.7. The average Bonchev–Trinajstić information content (AvgIpc) is 3.82. The average molecular weight is 516 g/mol. The maximum atomic E-state index is 13.3. The fourth-order valence-electron chi connectivity index (χ4n) is 5.72. The highest BCUT2D eigenvalue weighted by molar-refractivity contribution is 7.12. The molecule has 1 unspecified atom stereocenters. The molecule has 5 nitrogen and oxygen atoms in total. The van der Waals surface area contributed by atoms with Crippen LogP contribution in [0.15, 0.2) is 33.9 Å². The van der Waals surface area contributed by atoms with Crippen LogP contribution >= 0.6 is 11.3 Å². The number of hydrogen-bond acceptors (Lipinski definition) is 5. The molecule has 3 aliphatic rings. The molecule has 3 aromatic rings. The zero-order chi connectivity index (χ0) is 25.7. The van der Waals surface area contributed by atoms with Gasteiger partial charge in [-0.15, -0.1) is 11.3 Å². The number of aryl methyl sites for hydroxylation is 2. The third-order valence-corrected chi connectivity index (χ3v) is 9.68. The molecule has 1 aromatic heterocycles. The van der Waals surface area contributed by atoms with Crippen LogP contribution in [0.25, 0.3) is 0 Å². The van der Waals surface area contributed by atoms with Crippen molar-refractivity contribution < 1.29 is 9.59 Å².